The van der Waals surface area contributed by atoms with E-state index in [-0.39, 0.29) is 12.5 Å². The maximum atomic E-state index is 12.3. The minimum Gasteiger partial charge on any atom is -0.484 e. The number of piperazine rings is 1. The van der Waals surface area contributed by atoms with Crippen LogP contribution >= 0.6 is 0 Å². The minimum absolute atomic E-state index is 0.00117. The maximum Gasteiger partial charge on any atom is 0.260 e. The van der Waals surface area contributed by atoms with Crippen molar-refractivity contribution in [1.82, 2.24) is 20.2 Å². The molecule has 2 aliphatic heterocycles. The number of aliphatic imine (C=N–C) groups is 1. The Labute approximate surface area is 186 Å². The molecule has 0 unspecified atom stereocenters. The summed E-state index contributed by atoms with van der Waals surface area (Å²) >= 11 is 0. The number of carbonyl (C=O) groups is 1. The maximum absolute atomic E-state index is 12.3. The van der Waals surface area contributed by atoms with Crippen molar-refractivity contribution in [2.45, 2.75) is 6.54 Å². The van der Waals surface area contributed by atoms with Crippen LogP contribution in [0.3, 0.4) is 0 Å². The molecule has 1 saturated heterocycles. The van der Waals surface area contributed by atoms with Crippen molar-refractivity contribution in [1.29, 1.82) is 0 Å². The first-order valence-electron chi connectivity index (χ1n) is 10.7. The van der Waals surface area contributed by atoms with E-state index in [1.54, 1.807) is 6.20 Å². The fourth-order valence-electron chi connectivity index (χ4n) is 3.77. The first-order valence-corrected chi connectivity index (χ1v) is 10.7. The van der Waals surface area contributed by atoms with Gasteiger partial charge in [-0.25, -0.2) is 9.97 Å². The van der Waals surface area contributed by atoms with Gasteiger partial charge in [0.1, 0.15) is 11.6 Å². The lowest BCUT2D eigenvalue weighted by atomic mass is 10.1. The second kappa shape index (κ2) is 9.15. The van der Waals surface area contributed by atoms with Crippen LogP contribution in [0, 0.1) is 0 Å². The second-order valence-corrected chi connectivity index (χ2v) is 7.72. The third-order valence-corrected chi connectivity index (χ3v) is 5.49. The van der Waals surface area contributed by atoms with Crippen molar-refractivity contribution in [3.8, 4) is 17.1 Å². The monoisotopic (exact) mass is 428 g/mol. The van der Waals surface area contributed by atoms with E-state index in [0.29, 0.717) is 30.5 Å². The molecule has 2 N–H and O–H groups in total. The van der Waals surface area contributed by atoms with Crippen LogP contribution in [0.2, 0.25) is 0 Å². The Kier molecular flexibility index (Phi) is 5.76. The first-order chi connectivity index (χ1) is 15.7. The summed E-state index contributed by atoms with van der Waals surface area (Å²) in [6.45, 7) is 3.84. The van der Waals surface area contributed by atoms with E-state index in [4.69, 9.17) is 4.74 Å². The van der Waals surface area contributed by atoms with Crippen LogP contribution in [0.1, 0.15) is 11.1 Å². The highest BCUT2D eigenvalue weighted by molar-refractivity contribution is 5.86. The van der Waals surface area contributed by atoms with Gasteiger partial charge in [-0.2, -0.15) is 0 Å². The molecule has 2 aliphatic rings. The number of hydrogen-bond acceptors (Lipinski definition) is 7. The first kappa shape index (κ1) is 20.1. The largest absolute Gasteiger partial charge is 0.484 e. The predicted octanol–water partition coefficient (Wildman–Crippen LogP) is 2.63. The van der Waals surface area contributed by atoms with Crippen molar-refractivity contribution in [2.75, 3.05) is 38.1 Å². The topological polar surface area (TPSA) is 91.7 Å². The molecule has 162 valence electrons. The zero-order valence-electron chi connectivity index (χ0n) is 17.6. The molecule has 3 aromatic rings. The van der Waals surface area contributed by atoms with Gasteiger partial charge in [-0.15, -0.1) is 0 Å². The Balaban J connectivity index is 1.27. The lowest BCUT2D eigenvalue weighted by molar-refractivity contribution is -0.133. The summed E-state index contributed by atoms with van der Waals surface area (Å²) in [6.07, 6.45) is 3.62. The summed E-state index contributed by atoms with van der Waals surface area (Å²) in [5, 5.41) is 6.58. The third kappa shape index (κ3) is 4.60. The lowest BCUT2D eigenvalue weighted by Gasteiger charge is -2.27. The predicted molar refractivity (Wildman–Crippen MR) is 123 cm³/mol. The van der Waals surface area contributed by atoms with Gasteiger partial charge in [0.15, 0.2) is 12.4 Å². The number of fused-ring (bicyclic) bond motifs is 1. The van der Waals surface area contributed by atoms with E-state index in [1.807, 2.05) is 47.5 Å². The van der Waals surface area contributed by atoms with Crippen LogP contribution < -0.4 is 15.4 Å². The second-order valence-electron chi connectivity index (χ2n) is 7.72. The van der Waals surface area contributed by atoms with Gasteiger partial charge < -0.3 is 20.3 Å². The van der Waals surface area contributed by atoms with Crippen molar-refractivity contribution in [3.05, 3.63) is 65.9 Å². The van der Waals surface area contributed by atoms with E-state index in [0.717, 1.165) is 36.4 Å². The summed E-state index contributed by atoms with van der Waals surface area (Å²) in [6, 6.07) is 15.5. The van der Waals surface area contributed by atoms with E-state index < -0.39 is 0 Å². The molecule has 0 spiro atoms. The zero-order valence-corrected chi connectivity index (χ0v) is 17.6. The number of nitrogens with one attached hydrogen (secondary N) is 2. The van der Waals surface area contributed by atoms with Gasteiger partial charge in [-0.1, -0.05) is 18.2 Å². The summed E-state index contributed by atoms with van der Waals surface area (Å²) in [5.74, 6) is 1.89. The highest BCUT2D eigenvalue weighted by Gasteiger charge is 2.16. The van der Waals surface area contributed by atoms with Crippen LogP contribution in [-0.2, 0) is 11.3 Å². The highest BCUT2D eigenvalue weighted by atomic mass is 16.5. The van der Waals surface area contributed by atoms with E-state index in [1.165, 1.54) is 5.56 Å². The number of rotatable bonds is 6. The van der Waals surface area contributed by atoms with Gasteiger partial charge in [0.2, 0.25) is 0 Å². The number of amides is 1. The minimum atomic E-state index is -0.00117. The van der Waals surface area contributed by atoms with Crippen LogP contribution in [0.4, 0.5) is 11.5 Å². The molecule has 3 heterocycles. The average molecular weight is 428 g/mol. The zero-order chi connectivity index (χ0) is 21.8. The molecule has 0 aliphatic carbocycles. The van der Waals surface area contributed by atoms with Gasteiger partial charge in [-0.3, -0.25) is 9.79 Å². The molecule has 0 saturated carbocycles. The van der Waals surface area contributed by atoms with Crippen LogP contribution in [0.25, 0.3) is 11.4 Å². The third-order valence-electron chi connectivity index (χ3n) is 5.49. The number of carbonyl (C=O) groups excluding carboxylic acids is 1. The number of aromatic nitrogens is 2. The molecule has 32 heavy (non-hydrogen) atoms. The van der Waals surface area contributed by atoms with Crippen molar-refractivity contribution < 1.29 is 9.53 Å². The molecule has 1 amide bonds. The smallest absolute Gasteiger partial charge is 0.260 e. The Morgan fingerprint density at radius 2 is 2.03 bits per heavy atom. The van der Waals surface area contributed by atoms with Crippen molar-refractivity contribution in [2.24, 2.45) is 4.99 Å². The summed E-state index contributed by atoms with van der Waals surface area (Å²) in [5.41, 5.74) is 4.13. The van der Waals surface area contributed by atoms with Crippen LogP contribution in [0.15, 0.2) is 59.7 Å². The Morgan fingerprint density at radius 1 is 1.12 bits per heavy atom. The molecule has 8 heteroatoms. The molecule has 0 bridgehead atoms. The van der Waals surface area contributed by atoms with Gasteiger partial charge in [0, 0.05) is 49.8 Å². The Morgan fingerprint density at radius 3 is 2.94 bits per heavy atom. The highest BCUT2D eigenvalue weighted by Crippen LogP contribution is 2.24. The van der Waals surface area contributed by atoms with E-state index >= 15 is 0 Å². The number of hydrogen-bond donors (Lipinski definition) is 2. The van der Waals surface area contributed by atoms with Gasteiger partial charge in [0.25, 0.3) is 5.91 Å². The molecule has 0 radical (unpaired) electrons. The quantitative estimate of drug-likeness (QED) is 0.627. The van der Waals surface area contributed by atoms with Gasteiger partial charge >= 0.3 is 0 Å². The molecule has 5 rings (SSSR count). The van der Waals surface area contributed by atoms with Crippen molar-refractivity contribution >= 4 is 23.6 Å². The van der Waals surface area contributed by atoms with Crippen molar-refractivity contribution in [3.63, 3.8) is 0 Å². The average Bonchev–Trinajstić information content (AvgIpc) is 3.31. The Bertz CT molecular complexity index is 1160. The molecule has 0 atom stereocenters. The van der Waals surface area contributed by atoms with E-state index in [2.05, 4.69) is 37.7 Å². The Hall–Kier alpha value is -3.78. The molecule has 2 aromatic carbocycles. The van der Waals surface area contributed by atoms with Crippen LogP contribution in [-0.4, -0.2) is 59.8 Å². The SMILES string of the molecule is O=C(COc1cccc(-c2nccc(Nc3ccc4c(c3)C=NC4)n2)c1)N1CCNCC1. The summed E-state index contributed by atoms with van der Waals surface area (Å²) < 4.78 is 5.76. The molecular formula is C24H24N6O2. The normalized spacial score (nSPS) is 14.8. The van der Waals surface area contributed by atoms with Crippen LogP contribution in [0.5, 0.6) is 5.75 Å². The summed E-state index contributed by atoms with van der Waals surface area (Å²) in [4.78, 5) is 27.5. The number of ether oxygens (including phenoxy) is 1. The van der Waals surface area contributed by atoms with Gasteiger partial charge in [0.05, 0.1) is 6.54 Å². The lowest BCUT2D eigenvalue weighted by Crippen LogP contribution is -2.47. The fourth-order valence-corrected chi connectivity index (χ4v) is 3.77. The molecule has 1 aromatic heterocycles. The molecule has 8 nitrogen and oxygen atoms in total. The molecular weight excluding hydrogens is 404 g/mol. The number of benzene rings is 2. The molecule has 1 fully saturated rings. The van der Waals surface area contributed by atoms with Gasteiger partial charge in [-0.05, 0) is 41.5 Å². The number of nitrogens with zero attached hydrogens (tertiary/aromatic N) is 4. The van der Waals surface area contributed by atoms with E-state index in [9.17, 15) is 4.79 Å². The number of anilines is 2. The summed E-state index contributed by atoms with van der Waals surface area (Å²) in [7, 11) is 0. The fraction of sp³-hybridized carbons (Fsp3) is 0.250. The standard InChI is InChI=1S/C24H24N6O2/c31-23(30-10-8-25-9-11-30)16-32-21-3-1-2-17(13-21)24-27-7-6-22(29-24)28-20-5-4-18-14-26-15-19(18)12-20/h1-7,12-13,15,25H,8-11,14,16H2,(H,27,28,29).